The Bertz CT molecular complexity index is 697. The molecule has 25 heavy (non-hydrogen) atoms. The highest BCUT2D eigenvalue weighted by Gasteiger charge is 2.25. The van der Waals surface area contributed by atoms with Crippen molar-refractivity contribution in [2.45, 2.75) is 30.8 Å². The fourth-order valence-corrected chi connectivity index (χ4v) is 3.86. The molecule has 0 radical (unpaired) electrons. The molecule has 0 aliphatic carbocycles. The molecular formula is C17H26N2O5S. The van der Waals surface area contributed by atoms with Crippen molar-refractivity contribution in [3.8, 4) is 0 Å². The molecule has 1 aliphatic rings. The molecule has 0 unspecified atom stereocenters. The summed E-state index contributed by atoms with van der Waals surface area (Å²) in [7, 11) is -0.488. The number of methoxy groups -OCH3 is 2. The van der Waals surface area contributed by atoms with Crippen molar-refractivity contribution in [2.24, 2.45) is 0 Å². The highest BCUT2D eigenvalue weighted by atomic mass is 32.2. The number of carbonyl (C=O) groups excluding carboxylic acids is 1. The normalized spacial score (nSPS) is 16.2. The van der Waals surface area contributed by atoms with E-state index in [1.54, 1.807) is 18.1 Å². The molecule has 0 spiro atoms. The average Bonchev–Trinajstić information content (AvgIpc) is 2.61. The van der Waals surface area contributed by atoms with Gasteiger partial charge >= 0.3 is 0 Å². The molecule has 1 aliphatic heterocycles. The zero-order valence-corrected chi connectivity index (χ0v) is 15.8. The van der Waals surface area contributed by atoms with Gasteiger partial charge in [0.1, 0.15) is 0 Å². The van der Waals surface area contributed by atoms with Crippen LogP contribution in [0.3, 0.4) is 0 Å². The van der Waals surface area contributed by atoms with Gasteiger partial charge in [-0.2, -0.15) is 0 Å². The van der Waals surface area contributed by atoms with Crippen LogP contribution in [-0.2, 0) is 19.5 Å². The van der Waals surface area contributed by atoms with Crippen molar-refractivity contribution < 1.29 is 22.7 Å². The number of sulfonamides is 1. The number of amides is 1. The number of nitrogens with one attached hydrogen (secondary N) is 1. The number of piperidine rings is 1. The van der Waals surface area contributed by atoms with Gasteiger partial charge in [-0.3, -0.25) is 4.79 Å². The summed E-state index contributed by atoms with van der Waals surface area (Å²) in [5.74, 6) is -0.138. The molecule has 8 heteroatoms. The molecule has 1 saturated heterocycles. The number of aryl methyl sites for hydroxylation is 1. The zero-order valence-electron chi connectivity index (χ0n) is 14.9. The van der Waals surface area contributed by atoms with Gasteiger partial charge in [0, 0.05) is 39.4 Å². The van der Waals surface area contributed by atoms with Crippen LogP contribution in [0.1, 0.15) is 28.8 Å². The van der Waals surface area contributed by atoms with E-state index in [2.05, 4.69) is 4.72 Å². The van der Waals surface area contributed by atoms with Crippen LogP contribution in [0, 0.1) is 6.92 Å². The smallest absolute Gasteiger partial charge is 0.254 e. The number of benzene rings is 1. The standard InChI is InChI=1S/C17H26N2O5S/c1-13-4-5-15(25(21,22)18-8-11-23-2)12-16(13)17(20)19-9-6-14(24-3)7-10-19/h4-5,12,14,18H,6-11H2,1-3H3. The number of likely N-dealkylation sites (tertiary alicyclic amines) is 1. The quantitative estimate of drug-likeness (QED) is 0.729. The lowest BCUT2D eigenvalue weighted by molar-refractivity contribution is 0.0350. The van der Waals surface area contributed by atoms with Crippen LogP contribution in [0.25, 0.3) is 0 Å². The summed E-state index contributed by atoms with van der Waals surface area (Å²) in [4.78, 5) is 14.6. The van der Waals surface area contributed by atoms with E-state index in [9.17, 15) is 13.2 Å². The lowest BCUT2D eigenvalue weighted by atomic mass is 10.0. The van der Waals surface area contributed by atoms with Crippen molar-refractivity contribution >= 4 is 15.9 Å². The summed E-state index contributed by atoms with van der Waals surface area (Å²) in [5.41, 5.74) is 1.18. The molecule has 1 N–H and O–H groups in total. The molecule has 0 saturated carbocycles. The van der Waals surface area contributed by atoms with E-state index in [4.69, 9.17) is 9.47 Å². The van der Waals surface area contributed by atoms with Gasteiger partial charge in [0.15, 0.2) is 0 Å². The second-order valence-corrected chi connectivity index (χ2v) is 7.86. The Morgan fingerprint density at radius 2 is 1.96 bits per heavy atom. The summed E-state index contributed by atoms with van der Waals surface area (Å²) >= 11 is 0. The number of rotatable bonds is 7. The largest absolute Gasteiger partial charge is 0.383 e. The van der Waals surface area contributed by atoms with Gasteiger partial charge in [-0.1, -0.05) is 6.07 Å². The Morgan fingerprint density at radius 3 is 2.56 bits per heavy atom. The SMILES string of the molecule is COCCNS(=O)(=O)c1ccc(C)c(C(=O)N2CCC(OC)CC2)c1. The number of carbonyl (C=O) groups is 1. The molecule has 1 aromatic carbocycles. The monoisotopic (exact) mass is 370 g/mol. The summed E-state index contributed by atoms with van der Waals surface area (Å²) in [5, 5.41) is 0. The Balaban J connectivity index is 2.17. The first-order valence-electron chi connectivity index (χ1n) is 8.30. The van der Waals surface area contributed by atoms with Crippen molar-refractivity contribution in [3.63, 3.8) is 0 Å². The highest BCUT2D eigenvalue weighted by Crippen LogP contribution is 2.20. The number of hydrogen-bond donors (Lipinski definition) is 1. The lowest BCUT2D eigenvalue weighted by Crippen LogP contribution is -2.41. The third kappa shape index (κ3) is 5.01. The minimum absolute atomic E-state index is 0.0873. The predicted octanol–water partition coefficient (Wildman–Crippen LogP) is 1.17. The van der Waals surface area contributed by atoms with Crippen LogP contribution >= 0.6 is 0 Å². The van der Waals surface area contributed by atoms with Crippen LogP contribution < -0.4 is 4.72 Å². The van der Waals surface area contributed by atoms with Gasteiger partial charge in [0.2, 0.25) is 10.0 Å². The summed E-state index contributed by atoms with van der Waals surface area (Å²) in [6.07, 6.45) is 1.76. The first kappa shape index (κ1) is 19.8. The predicted molar refractivity (Wildman–Crippen MR) is 94.2 cm³/mol. The highest BCUT2D eigenvalue weighted by molar-refractivity contribution is 7.89. The lowest BCUT2D eigenvalue weighted by Gasteiger charge is -2.31. The average molecular weight is 370 g/mol. The second kappa shape index (κ2) is 8.75. The van der Waals surface area contributed by atoms with Gasteiger partial charge in [-0.15, -0.1) is 0 Å². The third-order valence-corrected chi connectivity index (χ3v) is 5.87. The van der Waals surface area contributed by atoms with Gasteiger partial charge in [0.25, 0.3) is 5.91 Å². The Labute approximate surface area is 149 Å². The van der Waals surface area contributed by atoms with E-state index in [0.717, 1.165) is 18.4 Å². The minimum Gasteiger partial charge on any atom is -0.383 e. The maximum atomic E-state index is 12.8. The number of nitrogens with zero attached hydrogens (tertiary/aromatic N) is 1. The van der Waals surface area contributed by atoms with E-state index < -0.39 is 10.0 Å². The van der Waals surface area contributed by atoms with Gasteiger partial charge < -0.3 is 14.4 Å². The van der Waals surface area contributed by atoms with Crippen molar-refractivity contribution in [3.05, 3.63) is 29.3 Å². The molecule has 2 rings (SSSR count). The molecule has 7 nitrogen and oxygen atoms in total. The van der Waals surface area contributed by atoms with Gasteiger partial charge in [0.05, 0.1) is 17.6 Å². The number of ether oxygens (including phenoxy) is 2. The number of hydrogen-bond acceptors (Lipinski definition) is 5. The topological polar surface area (TPSA) is 84.9 Å². The zero-order chi connectivity index (χ0) is 18.4. The van der Waals surface area contributed by atoms with Crippen molar-refractivity contribution in [2.75, 3.05) is 40.5 Å². The third-order valence-electron chi connectivity index (χ3n) is 4.41. The molecule has 0 atom stereocenters. The van der Waals surface area contributed by atoms with Crippen LogP contribution in [0.2, 0.25) is 0 Å². The van der Waals surface area contributed by atoms with Crippen LogP contribution in [0.4, 0.5) is 0 Å². The van der Waals surface area contributed by atoms with E-state index in [1.165, 1.54) is 19.2 Å². The minimum atomic E-state index is -3.67. The van der Waals surface area contributed by atoms with E-state index >= 15 is 0 Å². The Kier molecular flexibility index (Phi) is 6.95. The molecule has 0 aromatic heterocycles. The molecular weight excluding hydrogens is 344 g/mol. The van der Waals surface area contributed by atoms with Gasteiger partial charge in [-0.05, 0) is 37.5 Å². The second-order valence-electron chi connectivity index (χ2n) is 6.09. The Morgan fingerprint density at radius 1 is 1.28 bits per heavy atom. The molecule has 0 bridgehead atoms. The molecule has 1 heterocycles. The first-order chi connectivity index (χ1) is 11.9. The molecule has 1 fully saturated rings. The summed E-state index contributed by atoms with van der Waals surface area (Å²) < 4.78 is 37.3. The van der Waals surface area contributed by atoms with E-state index in [0.29, 0.717) is 18.7 Å². The van der Waals surface area contributed by atoms with Crippen LogP contribution in [-0.4, -0.2) is 65.8 Å². The Hall–Kier alpha value is -1.48. The molecule has 140 valence electrons. The molecule has 1 aromatic rings. The van der Waals surface area contributed by atoms with E-state index in [-0.39, 0.29) is 30.1 Å². The van der Waals surface area contributed by atoms with Crippen molar-refractivity contribution in [1.29, 1.82) is 0 Å². The fraction of sp³-hybridized carbons (Fsp3) is 0.588. The summed E-state index contributed by atoms with van der Waals surface area (Å²) in [6.45, 7) is 3.50. The van der Waals surface area contributed by atoms with Crippen LogP contribution in [0.15, 0.2) is 23.1 Å². The molecule has 1 amide bonds. The van der Waals surface area contributed by atoms with Gasteiger partial charge in [-0.25, -0.2) is 13.1 Å². The fourth-order valence-electron chi connectivity index (χ4n) is 2.83. The van der Waals surface area contributed by atoms with E-state index in [1.807, 2.05) is 6.92 Å². The summed E-state index contributed by atoms with van der Waals surface area (Å²) in [6, 6.07) is 4.63. The van der Waals surface area contributed by atoms with Crippen LogP contribution in [0.5, 0.6) is 0 Å². The maximum Gasteiger partial charge on any atom is 0.254 e. The first-order valence-corrected chi connectivity index (χ1v) is 9.78. The maximum absolute atomic E-state index is 12.8. The van der Waals surface area contributed by atoms with Crippen molar-refractivity contribution in [1.82, 2.24) is 9.62 Å².